The molecule has 0 aliphatic heterocycles. The van der Waals surface area contributed by atoms with Crippen LogP contribution < -0.4 is 10.5 Å². The molecule has 0 atom stereocenters. The van der Waals surface area contributed by atoms with Gasteiger partial charge in [-0.2, -0.15) is 0 Å². The van der Waals surface area contributed by atoms with E-state index in [0.29, 0.717) is 21.9 Å². The number of hydrogen-bond donors (Lipinski definition) is 1. The highest BCUT2D eigenvalue weighted by molar-refractivity contribution is 7.91. The summed E-state index contributed by atoms with van der Waals surface area (Å²) in [7, 11) is -3.36. The predicted octanol–water partition coefficient (Wildman–Crippen LogP) is 2.43. The van der Waals surface area contributed by atoms with Gasteiger partial charge in [0.2, 0.25) is 0 Å². The Bertz CT molecular complexity index is 682. The van der Waals surface area contributed by atoms with E-state index < -0.39 is 9.84 Å². The van der Waals surface area contributed by atoms with Gasteiger partial charge in [-0.3, -0.25) is 0 Å². The zero-order chi connectivity index (χ0) is 14.6. The molecule has 2 aromatic rings. The van der Waals surface area contributed by atoms with Crippen LogP contribution in [-0.2, 0) is 9.84 Å². The lowest BCUT2D eigenvalue weighted by Gasteiger charge is -2.09. The number of rotatable bonds is 5. The van der Waals surface area contributed by atoms with Crippen molar-refractivity contribution in [2.75, 3.05) is 18.1 Å². The van der Waals surface area contributed by atoms with E-state index in [1.165, 1.54) is 0 Å². The number of nitrogen functional groups attached to an aromatic ring is 1. The van der Waals surface area contributed by atoms with E-state index in [1.54, 1.807) is 37.3 Å². The number of sulfone groups is 1. The molecule has 5 heteroatoms. The summed E-state index contributed by atoms with van der Waals surface area (Å²) in [4.78, 5) is 0.309. The molecule has 0 unspecified atom stereocenters. The van der Waals surface area contributed by atoms with Crippen LogP contribution in [0.2, 0.25) is 0 Å². The first-order valence-electron chi connectivity index (χ1n) is 6.26. The van der Waals surface area contributed by atoms with Crippen LogP contribution in [0.15, 0.2) is 53.4 Å². The fourth-order valence-corrected chi connectivity index (χ4v) is 3.26. The Kier molecular flexibility index (Phi) is 4.29. The summed E-state index contributed by atoms with van der Waals surface area (Å²) in [6.45, 7) is 1.86. The summed E-state index contributed by atoms with van der Waals surface area (Å²) >= 11 is 0. The minimum atomic E-state index is -3.36. The van der Waals surface area contributed by atoms with E-state index in [9.17, 15) is 8.42 Å². The average Bonchev–Trinajstić information content (AvgIpc) is 2.39. The monoisotopic (exact) mass is 291 g/mol. The Morgan fingerprint density at radius 2 is 1.80 bits per heavy atom. The Balaban J connectivity index is 2.04. The summed E-state index contributed by atoms with van der Waals surface area (Å²) in [5.74, 6) is 0.601. The number of hydrogen-bond acceptors (Lipinski definition) is 4. The average molecular weight is 291 g/mol. The molecule has 0 aromatic heterocycles. The topological polar surface area (TPSA) is 69.4 Å². The van der Waals surface area contributed by atoms with Crippen molar-refractivity contribution < 1.29 is 13.2 Å². The van der Waals surface area contributed by atoms with Crippen molar-refractivity contribution in [2.45, 2.75) is 11.8 Å². The molecule has 0 saturated carbocycles. The van der Waals surface area contributed by atoms with Crippen molar-refractivity contribution in [1.29, 1.82) is 0 Å². The van der Waals surface area contributed by atoms with Crippen molar-refractivity contribution in [2.24, 2.45) is 0 Å². The van der Waals surface area contributed by atoms with Gasteiger partial charge in [0.25, 0.3) is 0 Å². The molecule has 0 radical (unpaired) electrons. The second-order valence-corrected chi connectivity index (χ2v) is 6.58. The maximum Gasteiger partial charge on any atom is 0.181 e. The number of ether oxygens (including phenoxy) is 1. The second-order valence-electron chi connectivity index (χ2n) is 4.51. The molecule has 0 bridgehead atoms. The molecule has 0 aliphatic rings. The van der Waals surface area contributed by atoms with Gasteiger partial charge in [0.15, 0.2) is 9.84 Å². The van der Waals surface area contributed by atoms with Crippen molar-refractivity contribution in [3.63, 3.8) is 0 Å². The molecule has 2 aromatic carbocycles. The lowest BCUT2D eigenvalue weighted by Crippen LogP contribution is -2.15. The SMILES string of the molecule is Cc1cc(N)ccc1S(=O)(=O)CCOc1ccccc1. The molecule has 2 N–H and O–H groups in total. The van der Waals surface area contributed by atoms with Crippen molar-refractivity contribution in [3.8, 4) is 5.75 Å². The van der Waals surface area contributed by atoms with E-state index in [-0.39, 0.29) is 12.4 Å². The third-order valence-corrected chi connectivity index (χ3v) is 4.73. The van der Waals surface area contributed by atoms with E-state index in [0.717, 1.165) is 0 Å². The van der Waals surface area contributed by atoms with Gasteiger partial charge < -0.3 is 10.5 Å². The first-order valence-corrected chi connectivity index (χ1v) is 7.91. The minimum absolute atomic E-state index is 0.0628. The van der Waals surface area contributed by atoms with Crippen LogP contribution in [-0.4, -0.2) is 20.8 Å². The normalized spacial score (nSPS) is 11.2. The first-order chi connectivity index (χ1) is 9.49. The number of aryl methyl sites for hydroxylation is 1. The molecule has 4 nitrogen and oxygen atoms in total. The molecule has 106 valence electrons. The van der Waals surface area contributed by atoms with Crippen LogP contribution in [0.1, 0.15) is 5.56 Å². The fourth-order valence-electron chi connectivity index (χ4n) is 1.92. The van der Waals surface area contributed by atoms with E-state index in [2.05, 4.69) is 0 Å². The second kappa shape index (κ2) is 5.96. The third kappa shape index (κ3) is 3.51. The molecule has 0 fully saturated rings. The third-order valence-electron chi connectivity index (χ3n) is 2.90. The highest BCUT2D eigenvalue weighted by Gasteiger charge is 2.17. The summed E-state index contributed by atoms with van der Waals surface area (Å²) < 4.78 is 29.9. The summed E-state index contributed by atoms with van der Waals surface area (Å²) in [6.07, 6.45) is 0. The Morgan fingerprint density at radius 1 is 1.10 bits per heavy atom. The van der Waals surface area contributed by atoms with Crippen molar-refractivity contribution in [3.05, 3.63) is 54.1 Å². The smallest absolute Gasteiger partial charge is 0.181 e. The summed E-state index contributed by atoms with van der Waals surface area (Å²) in [6, 6.07) is 13.9. The molecule has 20 heavy (non-hydrogen) atoms. The molecule has 0 heterocycles. The summed E-state index contributed by atoms with van der Waals surface area (Å²) in [5, 5.41) is 0. The van der Waals surface area contributed by atoms with E-state index >= 15 is 0 Å². The highest BCUT2D eigenvalue weighted by Crippen LogP contribution is 2.19. The van der Waals surface area contributed by atoms with Gasteiger partial charge in [-0.05, 0) is 42.8 Å². The number of para-hydroxylation sites is 1. The van der Waals surface area contributed by atoms with Crippen LogP contribution in [0.3, 0.4) is 0 Å². The molecule has 0 amide bonds. The Hall–Kier alpha value is -2.01. The van der Waals surface area contributed by atoms with Crippen molar-refractivity contribution in [1.82, 2.24) is 0 Å². The zero-order valence-electron chi connectivity index (χ0n) is 11.2. The number of benzene rings is 2. The number of nitrogens with two attached hydrogens (primary N) is 1. The number of anilines is 1. The van der Waals surface area contributed by atoms with Crippen LogP contribution >= 0.6 is 0 Å². The maximum atomic E-state index is 12.2. The van der Waals surface area contributed by atoms with E-state index in [1.807, 2.05) is 18.2 Å². The lowest BCUT2D eigenvalue weighted by atomic mass is 10.2. The Labute approximate surface area is 119 Å². The van der Waals surface area contributed by atoms with Crippen molar-refractivity contribution >= 4 is 15.5 Å². The molecular weight excluding hydrogens is 274 g/mol. The standard InChI is InChI=1S/C15H17NO3S/c1-12-11-13(16)7-8-15(12)20(17,18)10-9-19-14-5-3-2-4-6-14/h2-8,11H,9-10,16H2,1H3. The van der Waals surface area contributed by atoms with Crippen LogP contribution in [0.4, 0.5) is 5.69 Å². The fraction of sp³-hybridized carbons (Fsp3) is 0.200. The van der Waals surface area contributed by atoms with Crippen LogP contribution in [0, 0.1) is 6.92 Å². The van der Waals surface area contributed by atoms with Crippen LogP contribution in [0.25, 0.3) is 0 Å². The van der Waals surface area contributed by atoms with Gasteiger partial charge in [0.05, 0.1) is 10.6 Å². The summed E-state index contributed by atoms with van der Waals surface area (Å²) in [5.41, 5.74) is 6.84. The molecule has 2 rings (SSSR count). The minimum Gasteiger partial charge on any atom is -0.493 e. The lowest BCUT2D eigenvalue weighted by molar-refractivity contribution is 0.341. The van der Waals surface area contributed by atoms with Gasteiger partial charge in [-0.25, -0.2) is 8.42 Å². The van der Waals surface area contributed by atoms with Gasteiger partial charge >= 0.3 is 0 Å². The van der Waals surface area contributed by atoms with Gasteiger partial charge in [0.1, 0.15) is 12.4 Å². The molecule has 0 aliphatic carbocycles. The quantitative estimate of drug-likeness (QED) is 0.859. The predicted molar refractivity (Wildman–Crippen MR) is 79.6 cm³/mol. The van der Waals surface area contributed by atoms with Gasteiger partial charge in [-0.15, -0.1) is 0 Å². The molecule has 0 saturated heterocycles. The largest absolute Gasteiger partial charge is 0.493 e. The first kappa shape index (κ1) is 14.4. The van der Waals surface area contributed by atoms with Gasteiger partial charge in [0, 0.05) is 5.69 Å². The molecule has 0 spiro atoms. The zero-order valence-corrected chi connectivity index (χ0v) is 12.1. The van der Waals surface area contributed by atoms with Crippen LogP contribution in [0.5, 0.6) is 5.75 Å². The highest BCUT2D eigenvalue weighted by atomic mass is 32.2. The Morgan fingerprint density at radius 3 is 2.45 bits per heavy atom. The molecular formula is C15H17NO3S. The van der Waals surface area contributed by atoms with Gasteiger partial charge in [-0.1, -0.05) is 18.2 Å². The van der Waals surface area contributed by atoms with E-state index in [4.69, 9.17) is 10.5 Å². The maximum absolute atomic E-state index is 12.2.